The average molecular weight is 301 g/mol. The number of nitrogens with two attached hydrogens (primary N) is 1. The maximum atomic E-state index is 12.3. The Hall–Kier alpha value is -2.01. The molecule has 0 spiro atoms. The van der Waals surface area contributed by atoms with Crippen LogP contribution in [0.5, 0.6) is 0 Å². The zero-order valence-corrected chi connectivity index (χ0v) is 12.8. The van der Waals surface area contributed by atoms with E-state index in [0.717, 1.165) is 10.5 Å². The highest BCUT2D eigenvalue weighted by molar-refractivity contribution is 8.00. The minimum atomic E-state index is 0.128. The standard InChI is InChI=1S/C16H19N3OS/c1-2-19(11-13-6-4-3-5-7-13)16(20)12-21-14-8-9-15(17)18-10-14/h3-10H,2,11-12H2,1H3,(H2,17,18). The smallest absolute Gasteiger partial charge is 0.233 e. The highest BCUT2D eigenvalue weighted by Crippen LogP contribution is 2.18. The minimum Gasteiger partial charge on any atom is -0.384 e. The first kappa shape index (κ1) is 15.4. The highest BCUT2D eigenvalue weighted by Gasteiger charge is 2.12. The highest BCUT2D eigenvalue weighted by atomic mass is 32.2. The number of anilines is 1. The van der Waals surface area contributed by atoms with E-state index in [-0.39, 0.29) is 5.91 Å². The van der Waals surface area contributed by atoms with E-state index in [1.807, 2.05) is 48.2 Å². The number of rotatable bonds is 6. The Bertz CT molecular complexity index is 572. The molecule has 1 aromatic heterocycles. The van der Waals surface area contributed by atoms with Gasteiger partial charge in [0.25, 0.3) is 0 Å². The molecular weight excluding hydrogens is 282 g/mol. The Morgan fingerprint density at radius 2 is 2.00 bits per heavy atom. The van der Waals surface area contributed by atoms with Crippen LogP contribution >= 0.6 is 11.8 Å². The van der Waals surface area contributed by atoms with Crippen LogP contribution in [0.4, 0.5) is 5.82 Å². The quantitative estimate of drug-likeness (QED) is 0.834. The Labute approximate surface area is 129 Å². The Morgan fingerprint density at radius 3 is 2.62 bits per heavy atom. The molecule has 2 aromatic rings. The first-order valence-electron chi connectivity index (χ1n) is 6.85. The van der Waals surface area contributed by atoms with Crippen molar-refractivity contribution in [3.8, 4) is 0 Å². The number of nitrogen functional groups attached to an aromatic ring is 1. The number of pyridine rings is 1. The second kappa shape index (κ2) is 7.69. The van der Waals surface area contributed by atoms with Gasteiger partial charge in [-0.1, -0.05) is 30.3 Å². The van der Waals surface area contributed by atoms with E-state index in [1.54, 1.807) is 12.3 Å². The van der Waals surface area contributed by atoms with Crippen molar-refractivity contribution in [1.82, 2.24) is 9.88 Å². The number of carbonyl (C=O) groups is 1. The summed E-state index contributed by atoms with van der Waals surface area (Å²) in [6, 6.07) is 13.7. The molecular formula is C16H19N3OS. The van der Waals surface area contributed by atoms with Gasteiger partial charge in [-0.05, 0) is 24.6 Å². The lowest BCUT2D eigenvalue weighted by molar-refractivity contribution is -0.128. The minimum absolute atomic E-state index is 0.128. The summed E-state index contributed by atoms with van der Waals surface area (Å²) in [5.74, 6) is 1.03. The van der Waals surface area contributed by atoms with Gasteiger partial charge in [-0.15, -0.1) is 11.8 Å². The third-order valence-electron chi connectivity index (χ3n) is 3.07. The second-order valence-electron chi connectivity index (χ2n) is 4.60. The lowest BCUT2D eigenvalue weighted by Gasteiger charge is -2.20. The van der Waals surface area contributed by atoms with Crippen LogP contribution in [0.1, 0.15) is 12.5 Å². The summed E-state index contributed by atoms with van der Waals surface area (Å²) in [6.07, 6.45) is 1.70. The van der Waals surface area contributed by atoms with Crippen LogP contribution in [0.3, 0.4) is 0 Å². The van der Waals surface area contributed by atoms with Gasteiger partial charge in [0.1, 0.15) is 5.82 Å². The zero-order valence-electron chi connectivity index (χ0n) is 12.0. The zero-order chi connectivity index (χ0) is 15.1. The molecule has 0 aliphatic heterocycles. The van der Waals surface area contributed by atoms with Crippen molar-refractivity contribution < 1.29 is 4.79 Å². The van der Waals surface area contributed by atoms with Crippen molar-refractivity contribution in [3.63, 3.8) is 0 Å². The molecule has 4 nitrogen and oxygen atoms in total. The predicted octanol–water partition coefficient (Wildman–Crippen LogP) is 2.80. The van der Waals surface area contributed by atoms with Crippen LogP contribution < -0.4 is 5.73 Å². The second-order valence-corrected chi connectivity index (χ2v) is 5.65. The fraction of sp³-hybridized carbons (Fsp3) is 0.250. The van der Waals surface area contributed by atoms with Crippen molar-refractivity contribution in [2.45, 2.75) is 18.4 Å². The lowest BCUT2D eigenvalue weighted by atomic mass is 10.2. The first-order chi connectivity index (χ1) is 10.2. The number of carbonyl (C=O) groups excluding carboxylic acids is 1. The van der Waals surface area contributed by atoms with Crippen LogP contribution in [0.15, 0.2) is 53.6 Å². The van der Waals surface area contributed by atoms with E-state index in [0.29, 0.717) is 24.7 Å². The van der Waals surface area contributed by atoms with Gasteiger partial charge >= 0.3 is 0 Å². The van der Waals surface area contributed by atoms with Crippen molar-refractivity contribution in [1.29, 1.82) is 0 Å². The van der Waals surface area contributed by atoms with E-state index in [2.05, 4.69) is 4.98 Å². The third kappa shape index (κ3) is 4.79. The number of hydrogen-bond acceptors (Lipinski definition) is 4. The molecule has 1 heterocycles. The van der Waals surface area contributed by atoms with Gasteiger partial charge in [-0.3, -0.25) is 4.79 Å². The van der Waals surface area contributed by atoms with E-state index in [1.165, 1.54) is 11.8 Å². The van der Waals surface area contributed by atoms with Gasteiger partial charge < -0.3 is 10.6 Å². The first-order valence-corrected chi connectivity index (χ1v) is 7.83. The molecule has 1 amide bonds. The van der Waals surface area contributed by atoms with Gasteiger partial charge in [-0.2, -0.15) is 0 Å². The van der Waals surface area contributed by atoms with Crippen LogP contribution in [0.25, 0.3) is 0 Å². The summed E-state index contributed by atoms with van der Waals surface area (Å²) in [5, 5.41) is 0. The number of thioether (sulfide) groups is 1. The molecule has 5 heteroatoms. The monoisotopic (exact) mass is 301 g/mol. The molecule has 0 saturated carbocycles. The normalized spacial score (nSPS) is 10.3. The topological polar surface area (TPSA) is 59.2 Å². The third-order valence-corrected chi connectivity index (χ3v) is 4.04. The molecule has 0 fully saturated rings. The van der Waals surface area contributed by atoms with Crippen molar-refractivity contribution in [3.05, 3.63) is 54.2 Å². The molecule has 2 rings (SSSR count). The lowest BCUT2D eigenvalue weighted by Crippen LogP contribution is -2.31. The summed E-state index contributed by atoms with van der Waals surface area (Å²) in [5.41, 5.74) is 6.69. The average Bonchev–Trinajstić information content (AvgIpc) is 2.52. The van der Waals surface area contributed by atoms with Crippen LogP contribution in [-0.4, -0.2) is 28.1 Å². The predicted molar refractivity (Wildman–Crippen MR) is 86.9 cm³/mol. The largest absolute Gasteiger partial charge is 0.384 e. The van der Waals surface area contributed by atoms with E-state index in [9.17, 15) is 4.79 Å². The number of benzene rings is 1. The van der Waals surface area contributed by atoms with Gasteiger partial charge in [0.2, 0.25) is 5.91 Å². The molecule has 2 N–H and O–H groups in total. The Morgan fingerprint density at radius 1 is 1.24 bits per heavy atom. The molecule has 0 saturated heterocycles. The summed E-state index contributed by atoms with van der Waals surface area (Å²) < 4.78 is 0. The van der Waals surface area contributed by atoms with Gasteiger partial charge in [-0.25, -0.2) is 4.98 Å². The maximum Gasteiger partial charge on any atom is 0.233 e. The summed E-state index contributed by atoms with van der Waals surface area (Å²) in [4.78, 5) is 19.1. The van der Waals surface area contributed by atoms with Gasteiger partial charge in [0.05, 0.1) is 5.75 Å². The van der Waals surface area contributed by atoms with E-state index in [4.69, 9.17) is 5.73 Å². The summed E-state index contributed by atoms with van der Waals surface area (Å²) >= 11 is 1.48. The van der Waals surface area contributed by atoms with E-state index < -0.39 is 0 Å². The summed E-state index contributed by atoms with van der Waals surface area (Å²) in [6.45, 7) is 3.35. The summed E-state index contributed by atoms with van der Waals surface area (Å²) in [7, 11) is 0. The maximum absolute atomic E-state index is 12.3. The molecule has 0 radical (unpaired) electrons. The Kier molecular flexibility index (Phi) is 5.63. The molecule has 0 aliphatic rings. The number of hydrogen-bond donors (Lipinski definition) is 1. The molecule has 0 bridgehead atoms. The van der Waals surface area contributed by atoms with Crippen molar-refractivity contribution in [2.75, 3.05) is 18.0 Å². The van der Waals surface area contributed by atoms with Crippen LogP contribution in [0, 0.1) is 0 Å². The van der Waals surface area contributed by atoms with Crippen molar-refractivity contribution in [2.24, 2.45) is 0 Å². The SMILES string of the molecule is CCN(Cc1ccccc1)C(=O)CSc1ccc(N)nc1. The fourth-order valence-corrected chi connectivity index (χ4v) is 2.66. The Balaban J connectivity index is 1.89. The molecule has 0 aliphatic carbocycles. The molecule has 21 heavy (non-hydrogen) atoms. The van der Waals surface area contributed by atoms with E-state index >= 15 is 0 Å². The molecule has 1 aromatic carbocycles. The van der Waals surface area contributed by atoms with Gasteiger partial charge in [0, 0.05) is 24.2 Å². The number of amides is 1. The van der Waals surface area contributed by atoms with Crippen LogP contribution in [0.2, 0.25) is 0 Å². The van der Waals surface area contributed by atoms with Gasteiger partial charge in [0.15, 0.2) is 0 Å². The molecule has 0 atom stereocenters. The fourth-order valence-electron chi connectivity index (χ4n) is 1.89. The number of aromatic nitrogens is 1. The number of nitrogens with zero attached hydrogens (tertiary/aromatic N) is 2. The van der Waals surface area contributed by atoms with Crippen LogP contribution in [-0.2, 0) is 11.3 Å². The van der Waals surface area contributed by atoms with Crippen molar-refractivity contribution >= 4 is 23.5 Å². The molecule has 110 valence electrons. The molecule has 0 unspecified atom stereocenters.